The van der Waals surface area contributed by atoms with Crippen molar-refractivity contribution >= 4 is 51.7 Å². The maximum atomic E-state index is 13.5. The van der Waals surface area contributed by atoms with Gasteiger partial charge in [-0.25, -0.2) is 19.9 Å². The number of anilines is 5. The number of carbonyl (C=O) groups excluding carboxylic acids is 2. The highest BCUT2D eigenvalue weighted by atomic mass is 16.2. The Morgan fingerprint density at radius 2 is 1.72 bits per heavy atom. The Morgan fingerprint density at radius 3 is 2.51 bits per heavy atom. The summed E-state index contributed by atoms with van der Waals surface area (Å²) in [7, 11) is 2.12. The van der Waals surface area contributed by atoms with Gasteiger partial charge in [-0.2, -0.15) is 0 Å². The number of likely N-dealkylation sites (tertiary alicyclic amines) is 1. The third kappa shape index (κ3) is 6.10. The van der Waals surface area contributed by atoms with Gasteiger partial charge in [0.25, 0.3) is 5.91 Å². The molecule has 2 saturated heterocycles. The van der Waals surface area contributed by atoms with Crippen molar-refractivity contribution in [2.24, 2.45) is 0 Å². The van der Waals surface area contributed by atoms with Crippen molar-refractivity contribution in [3.8, 4) is 0 Å². The van der Waals surface area contributed by atoms with Gasteiger partial charge in [0.15, 0.2) is 5.82 Å². The minimum absolute atomic E-state index is 0.0996. The van der Waals surface area contributed by atoms with E-state index in [2.05, 4.69) is 47.3 Å². The average Bonchev–Trinajstić information content (AvgIpc) is 3.66. The minimum Gasteiger partial charge on any atom is -0.338 e. The lowest BCUT2D eigenvalue weighted by molar-refractivity contribution is -0.122. The van der Waals surface area contributed by atoms with Gasteiger partial charge in [0, 0.05) is 61.9 Å². The van der Waals surface area contributed by atoms with Crippen LogP contribution in [0.25, 0.3) is 11.0 Å². The van der Waals surface area contributed by atoms with E-state index in [1.165, 1.54) is 19.2 Å². The molecule has 0 radical (unpaired) electrons. The predicted molar refractivity (Wildman–Crippen MR) is 185 cm³/mol. The van der Waals surface area contributed by atoms with E-state index in [0.29, 0.717) is 40.6 Å². The highest BCUT2D eigenvalue weighted by Gasteiger charge is 2.44. The Morgan fingerprint density at radius 1 is 0.936 bits per heavy atom. The van der Waals surface area contributed by atoms with Gasteiger partial charge in [-0.15, -0.1) is 0 Å². The van der Waals surface area contributed by atoms with E-state index < -0.39 is 5.41 Å². The first-order valence-corrected chi connectivity index (χ1v) is 16.5. The first kappa shape index (κ1) is 30.9. The minimum atomic E-state index is -0.671. The fourth-order valence-electron chi connectivity index (χ4n) is 6.71. The molecule has 4 aromatic rings. The Bertz CT molecular complexity index is 1830. The van der Waals surface area contributed by atoms with Crippen LogP contribution in [0.2, 0.25) is 0 Å². The standard InChI is InChI=1S/C35H42N10O2/c1-23-7-8-24(19-27(23)40-31-30-28(37-22-38-31)21-36-34(41-30)44-16-13-42(4)14-17-44)32(46)39-25-9-10-29-26(20-25)35(2,3)33(47)45(29)18-15-43-11-5-6-12-43/h7-10,19-22H,5-6,11-18H2,1-4H3,(H,39,46)(H,37,38,40). The summed E-state index contributed by atoms with van der Waals surface area (Å²) in [5.74, 6) is 1.06. The van der Waals surface area contributed by atoms with Gasteiger partial charge in [0.1, 0.15) is 17.4 Å². The number of hydrogen-bond acceptors (Lipinski definition) is 10. The fraction of sp³-hybridized carbons (Fsp3) is 0.429. The average molecular weight is 635 g/mol. The SMILES string of the molecule is Cc1ccc(C(=O)Nc2ccc3c(c2)C(C)(C)C(=O)N3CCN2CCCC2)cc1Nc1ncnc2cnc(N3CCN(C)CC3)nc12. The van der Waals surface area contributed by atoms with E-state index in [4.69, 9.17) is 4.98 Å². The van der Waals surface area contributed by atoms with E-state index in [-0.39, 0.29) is 11.8 Å². The number of fused-ring (bicyclic) bond motifs is 2. The molecule has 12 nitrogen and oxygen atoms in total. The van der Waals surface area contributed by atoms with Crippen LogP contribution < -0.4 is 20.4 Å². The number of hydrogen-bond donors (Lipinski definition) is 2. The number of aromatic nitrogens is 4. The van der Waals surface area contributed by atoms with Crippen molar-refractivity contribution in [2.45, 2.75) is 39.0 Å². The first-order valence-electron chi connectivity index (χ1n) is 16.5. The van der Waals surface area contributed by atoms with Crippen LogP contribution in [0.1, 0.15) is 48.2 Å². The van der Waals surface area contributed by atoms with Crippen LogP contribution in [-0.4, -0.2) is 101 Å². The monoisotopic (exact) mass is 634 g/mol. The molecule has 3 aliphatic rings. The van der Waals surface area contributed by atoms with Crippen LogP contribution in [0, 0.1) is 6.92 Å². The molecule has 2 aromatic heterocycles. The fourth-order valence-corrected chi connectivity index (χ4v) is 6.71. The smallest absolute Gasteiger partial charge is 0.255 e. The largest absolute Gasteiger partial charge is 0.338 e. The number of nitrogens with zero attached hydrogens (tertiary/aromatic N) is 8. The molecule has 0 bridgehead atoms. The summed E-state index contributed by atoms with van der Waals surface area (Å²) < 4.78 is 0. The molecule has 2 aromatic carbocycles. The van der Waals surface area contributed by atoms with Gasteiger partial charge >= 0.3 is 0 Å². The van der Waals surface area contributed by atoms with Crippen molar-refractivity contribution in [3.05, 3.63) is 65.6 Å². The first-order chi connectivity index (χ1) is 22.7. The molecule has 0 spiro atoms. The van der Waals surface area contributed by atoms with E-state index in [9.17, 15) is 9.59 Å². The zero-order valence-electron chi connectivity index (χ0n) is 27.6. The van der Waals surface area contributed by atoms with E-state index in [0.717, 1.165) is 68.3 Å². The summed E-state index contributed by atoms with van der Waals surface area (Å²) in [6.07, 6.45) is 5.67. The van der Waals surface area contributed by atoms with Gasteiger partial charge in [0.2, 0.25) is 11.9 Å². The van der Waals surface area contributed by atoms with E-state index >= 15 is 0 Å². The number of benzene rings is 2. The molecule has 0 saturated carbocycles. The van der Waals surface area contributed by atoms with Gasteiger partial charge < -0.3 is 30.2 Å². The van der Waals surface area contributed by atoms with Crippen LogP contribution in [-0.2, 0) is 10.2 Å². The maximum Gasteiger partial charge on any atom is 0.255 e. The van der Waals surface area contributed by atoms with Gasteiger partial charge in [-0.3, -0.25) is 9.59 Å². The molecule has 244 valence electrons. The van der Waals surface area contributed by atoms with Crippen LogP contribution in [0.5, 0.6) is 0 Å². The Labute approximate surface area is 275 Å². The number of carbonyl (C=O) groups is 2. The second kappa shape index (κ2) is 12.5. The molecule has 0 atom stereocenters. The summed E-state index contributed by atoms with van der Waals surface area (Å²) in [6, 6.07) is 11.3. The quantitative estimate of drug-likeness (QED) is 0.292. The second-order valence-electron chi connectivity index (χ2n) is 13.4. The predicted octanol–water partition coefficient (Wildman–Crippen LogP) is 4.20. The summed E-state index contributed by atoms with van der Waals surface area (Å²) in [6.45, 7) is 13.2. The molecular formula is C35H42N10O2. The van der Waals surface area contributed by atoms with Crippen molar-refractivity contribution in [3.63, 3.8) is 0 Å². The summed E-state index contributed by atoms with van der Waals surface area (Å²) >= 11 is 0. The molecule has 2 N–H and O–H groups in total. The molecule has 7 rings (SSSR count). The Hall–Kier alpha value is -4.68. The van der Waals surface area contributed by atoms with E-state index in [1.54, 1.807) is 6.20 Å². The Balaban J connectivity index is 1.09. The second-order valence-corrected chi connectivity index (χ2v) is 13.4. The number of likely N-dealkylation sites (N-methyl/N-ethyl adjacent to an activating group) is 1. The van der Waals surface area contributed by atoms with Gasteiger partial charge in [0.05, 0.1) is 11.6 Å². The maximum absolute atomic E-state index is 13.5. The molecule has 3 aliphatic heterocycles. The molecule has 12 heteroatoms. The number of piperazine rings is 1. The zero-order valence-corrected chi connectivity index (χ0v) is 27.6. The third-order valence-corrected chi connectivity index (χ3v) is 9.74. The van der Waals surface area contributed by atoms with Crippen LogP contribution in [0.4, 0.5) is 28.8 Å². The highest BCUT2D eigenvalue weighted by Crippen LogP contribution is 2.43. The number of nitrogens with one attached hydrogen (secondary N) is 2. The lowest BCUT2D eigenvalue weighted by Gasteiger charge is -2.32. The number of rotatable bonds is 8. The van der Waals surface area contributed by atoms with Crippen molar-refractivity contribution in [1.82, 2.24) is 29.7 Å². The third-order valence-electron chi connectivity index (χ3n) is 9.74. The van der Waals surface area contributed by atoms with Gasteiger partial charge in [-0.1, -0.05) is 6.07 Å². The van der Waals surface area contributed by atoms with Crippen molar-refractivity contribution in [2.75, 3.05) is 79.8 Å². The number of amides is 2. The topological polar surface area (TPSA) is 123 Å². The Kier molecular flexibility index (Phi) is 8.23. The molecule has 5 heterocycles. The van der Waals surface area contributed by atoms with Crippen LogP contribution in [0.3, 0.4) is 0 Å². The zero-order chi connectivity index (χ0) is 32.7. The normalized spacial score (nSPS) is 18.2. The van der Waals surface area contributed by atoms with Crippen molar-refractivity contribution in [1.29, 1.82) is 0 Å². The lowest BCUT2D eigenvalue weighted by Crippen LogP contribution is -2.45. The molecule has 0 aliphatic carbocycles. The van der Waals surface area contributed by atoms with Crippen LogP contribution >= 0.6 is 0 Å². The lowest BCUT2D eigenvalue weighted by atomic mass is 9.86. The number of aryl methyl sites for hydroxylation is 1. The molecular weight excluding hydrogens is 592 g/mol. The molecule has 2 amide bonds. The van der Waals surface area contributed by atoms with Crippen molar-refractivity contribution < 1.29 is 9.59 Å². The van der Waals surface area contributed by atoms with E-state index in [1.807, 2.05) is 62.1 Å². The van der Waals surface area contributed by atoms with Gasteiger partial charge in [-0.05, 0) is 95.2 Å². The molecule has 2 fully saturated rings. The molecule has 0 unspecified atom stereocenters. The summed E-state index contributed by atoms with van der Waals surface area (Å²) in [4.78, 5) is 54.1. The summed E-state index contributed by atoms with van der Waals surface area (Å²) in [5.41, 5.74) is 5.29. The molecule has 47 heavy (non-hydrogen) atoms. The van der Waals surface area contributed by atoms with Crippen LogP contribution in [0.15, 0.2) is 48.9 Å². The summed E-state index contributed by atoms with van der Waals surface area (Å²) in [5, 5.41) is 6.46. The highest BCUT2D eigenvalue weighted by molar-refractivity contribution is 6.09.